The molecule has 2 rings (SSSR count). The number of rotatable bonds is 4. The number of amides is 3. The molecular weight excluding hydrogens is 272 g/mol. The van der Waals surface area contributed by atoms with Gasteiger partial charge in [0.15, 0.2) is 5.69 Å². The van der Waals surface area contributed by atoms with Crippen LogP contribution in [0.4, 0.5) is 4.79 Å². The second-order valence-corrected chi connectivity index (χ2v) is 5.60. The van der Waals surface area contributed by atoms with Crippen LogP contribution in [0.5, 0.6) is 0 Å². The highest BCUT2D eigenvalue weighted by Gasteiger charge is 2.33. The van der Waals surface area contributed by atoms with Gasteiger partial charge in [0.05, 0.1) is 12.2 Å². The van der Waals surface area contributed by atoms with Crippen molar-refractivity contribution in [1.82, 2.24) is 30.1 Å². The summed E-state index contributed by atoms with van der Waals surface area (Å²) in [5, 5.41) is 10.8. The van der Waals surface area contributed by atoms with E-state index < -0.39 is 0 Å². The Hall–Kier alpha value is -2.12. The molecule has 0 radical (unpaired) electrons. The SMILES string of the molecule is CCC(C)NC(=O)N1CC(n2cc(C(=O)N(C)C)nn2)C1. The topological polar surface area (TPSA) is 83.4 Å². The van der Waals surface area contributed by atoms with E-state index in [1.807, 2.05) is 13.8 Å². The molecule has 1 aromatic heterocycles. The van der Waals surface area contributed by atoms with E-state index in [1.165, 1.54) is 4.90 Å². The van der Waals surface area contributed by atoms with Gasteiger partial charge in [-0.05, 0) is 13.3 Å². The molecule has 0 aliphatic carbocycles. The predicted molar refractivity (Wildman–Crippen MR) is 76.9 cm³/mol. The van der Waals surface area contributed by atoms with Crippen LogP contribution in [0.3, 0.4) is 0 Å². The van der Waals surface area contributed by atoms with Gasteiger partial charge in [-0.2, -0.15) is 0 Å². The lowest BCUT2D eigenvalue weighted by Crippen LogP contribution is -2.55. The maximum absolute atomic E-state index is 11.9. The van der Waals surface area contributed by atoms with Gasteiger partial charge in [-0.1, -0.05) is 12.1 Å². The third kappa shape index (κ3) is 3.32. The number of hydrogen-bond acceptors (Lipinski definition) is 4. The van der Waals surface area contributed by atoms with Crippen molar-refractivity contribution in [1.29, 1.82) is 0 Å². The van der Waals surface area contributed by atoms with Gasteiger partial charge in [0.2, 0.25) is 0 Å². The number of aromatic nitrogens is 3. The van der Waals surface area contributed by atoms with Gasteiger partial charge in [0, 0.05) is 33.2 Å². The predicted octanol–water partition coefficient (Wildman–Crippen LogP) is 0.345. The van der Waals surface area contributed by atoms with Gasteiger partial charge in [-0.25, -0.2) is 9.48 Å². The van der Waals surface area contributed by atoms with Crippen molar-refractivity contribution >= 4 is 11.9 Å². The van der Waals surface area contributed by atoms with Crippen molar-refractivity contribution in [3.63, 3.8) is 0 Å². The Balaban J connectivity index is 1.87. The number of nitrogens with one attached hydrogen (secondary N) is 1. The van der Waals surface area contributed by atoms with Crippen LogP contribution in [-0.2, 0) is 0 Å². The van der Waals surface area contributed by atoms with E-state index in [2.05, 4.69) is 15.6 Å². The zero-order valence-electron chi connectivity index (χ0n) is 12.9. The molecule has 0 saturated carbocycles. The summed E-state index contributed by atoms with van der Waals surface area (Å²) in [7, 11) is 3.34. The average Bonchev–Trinajstić information content (AvgIpc) is 2.84. The normalized spacial score (nSPS) is 16.3. The summed E-state index contributed by atoms with van der Waals surface area (Å²) in [5.41, 5.74) is 0.322. The van der Waals surface area contributed by atoms with Crippen molar-refractivity contribution in [2.75, 3.05) is 27.2 Å². The smallest absolute Gasteiger partial charge is 0.317 e. The first-order valence-electron chi connectivity index (χ1n) is 7.11. The lowest BCUT2D eigenvalue weighted by atomic mass is 10.1. The standard InChI is InChI=1S/C13H22N6O2/c1-5-9(2)14-13(21)18-6-10(7-18)19-8-11(15-16-19)12(20)17(3)4/h8-10H,5-7H2,1-4H3,(H,14,21). The van der Waals surface area contributed by atoms with Crippen molar-refractivity contribution in [3.8, 4) is 0 Å². The summed E-state index contributed by atoms with van der Waals surface area (Å²) < 4.78 is 1.66. The molecule has 1 unspecified atom stereocenters. The van der Waals surface area contributed by atoms with E-state index in [1.54, 1.807) is 29.9 Å². The molecule has 0 spiro atoms. The van der Waals surface area contributed by atoms with Crippen molar-refractivity contribution in [3.05, 3.63) is 11.9 Å². The van der Waals surface area contributed by atoms with Crippen LogP contribution in [0.15, 0.2) is 6.20 Å². The van der Waals surface area contributed by atoms with Crippen LogP contribution >= 0.6 is 0 Å². The Labute approximate surface area is 124 Å². The molecule has 1 aliphatic heterocycles. The molecule has 0 aromatic carbocycles. The quantitative estimate of drug-likeness (QED) is 0.868. The maximum Gasteiger partial charge on any atom is 0.317 e. The summed E-state index contributed by atoms with van der Waals surface area (Å²) in [6.07, 6.45) is 2.54. The second kappa shape index (κ2) is 6.11. The van der Waals surface area contributed by atoms with Gasteiger partial charge in [0.25, 0.3) is 5.91 Å². The molecule has 116 valence electrons. The molecule has 1 saturated heterocycles. The van der Waals surface area contributed by atoms with E-state index >= 15 is 0 Å². The van der Waals surface area contributed by atoms with Crippen LogP contribution < -0.4 is 5.32 Å². The van der Waals surface area contributed by atoms with Crippen LogP contribution in [0, 0.1) is 0 Å². The Bertz CT molecular complexity index is 520. The number of hydrogen-bond donors (Lipinski definition) is 1. The fourth-order valence-electron chi connectivity index (χ4n) is 1.97. The lowest BCUT2D eigenvalue weighted by Gasteiger charge is -2.39. The Kier molecular flexibility index (Phi) is 4.44. The Morgan fingerprint density at radius 2 is 2.14 bits per heavy atom. The second-order valence-electron chi connectivity index (χ2n) is 5.60. The number of nitrogens with zero attached hydrogens (tertiary/aromatic N) is 5. The minimum atomic E-state index is -0.174. The molecule has 2 heterocycles. The summed E-state index contributed by atoms with van der Waals surface area (Å²) in [6.45, 7) is 5.18. The first kappa shape index (κ1) is 15.3. The number of carbonyl (C=O) groups excluding carboxylic acids is 2. The summed E-state index contributed by atoms with van der Waals surface area (Å²) >= 11 is 0. The molecule has 1 fully saturated rings. The zero-order chi connectivity index (χ0) is 15.6. The summed E-state index contributed by atoms with van der Waals surface area (Å²) in [4.78, 5) is 26.8. The third-order valence-electron chi connectivity index (χ3n) is 3.64. The fourth-order valence-corrected chi connectivity index (χ4v) is 1.97. The molecule has 0 bridgehead atoms. The molecule has 8 heteroatoms. The van der Waals surface area contributed by atoms with Gasteiger partial charge >= 0.3 is 6.03 Å². The third-order valence-corrected chi connectivity index (χ3v) is 3.64. The summed E-state index contributed by atoms with van der Waals surface area (Å²) in [6, 6.07) is 0.210. The number of urea groups is 1. The van der Waals surface area contributed by atoms with Crippen LogP contribution in [0.25, 0.3) is 0 Å². The highest BCUT2D eigenvalue weighted by atomic mass is 16.2. The van der Waals surface area contributed by atoms with E-state index in [4.69, 9.17) is 0 Å². The molecular formula is C13H22N6O2. The van der Waals surface area contributed by atoms with E-state index in [-0.39, 0.29) is 24.0 Å². The van der Waals surface area contributed by atoms with Crippen LogP contribution in [-0.4, -0.2) is 70.0 Å². The van der Waals surface area contributed by atoms with E-state index in [9.17, 15) is 9.59 Å². The molecule has 1 N–H and O–H groups in total. The van der Waals surface area contributed by atoms with Crippen LogP contribution in [0.2, 0.25) is 0 Å². The van der Waals surface area contributed by atoms with Crippen LogP contribution in [0.1, 0.15) is 36.8 Å². The molecule has 8 nitrogen and oxygen atoms in total. The van der Waals surface area contributed by atoms with Gasteiger partial charge < -0.3 is 15.1 Å². The van der Waals surface area contributed by atoms with Gasteiger partial charge in [-0.3, -0.25) is 4.79 Å². The molecule has 1 aromatic rings. The van der Waals surface area contributed by atoms with Crippen molar-refractivity contribution < 1.29 is 9.59 Å². The highest BCUT2D eigenvalue weighted by molar-refractivity contribution is 5.91. The molecule has 1 atom stereocenters. The number of likely N-dealkylation sites (tertiary alicyclic amines) is 1. The monoisotopic (exact) mass is 294 g/mol. The maximum atomic E-state index is 11.9. The first-order chi connectivity index (χ1) is 9.92. The van der Waals surface area contributed by atoms with Gasteiger partial charge in [-0.15, -0.1) is 5.10 Å². The minimum absolute atomic E-state index is 0.0506. The summed E-state index contributed by atoms with van der Waals surface area (Å²) in [5.74, 6) is -0.174. The fraction of sp³-hybridized carbons (Fsp3) is 0.692. The van der Waals surface area contributed by atoms with Gasteiger partial charge in [0.1, 0.15) is 0 Å². The van der Waals surface area contributed by atoms with E-state index in [0.29, 0.717) is 18.8 Å². The zero-order valence-corrected chi connectivity index (χ0v) is 12.9. The minimum Gasteiger partial charge on any atom is -0.343 e. The molecule has 3 amide bonds. The highest BCUT2D eigenvalue weighted by Crippen LogP contribution is 2.20. The lowest BCUT2D eigenvalue weighted by molar-refractivity contribution is 0.0821. The van der Waals surface area contributed by atoms with Crippen molar-refractivity contribution in [2.45, 2.75) is 32.4 Å². The Morgan fingerprint density at radius 3 is 2.71 bits per heavy atom. The number of carbonyl (C=O) groups is 2. The molecule has 1 aliphatic rings. The first-order valence-corrected chi connectivity index (χ1v) is 7.11. The van der Waals surface area contributed by atoms with Crippen molar-refractivity contribution in [2.24, 2.45) is 0 Å². The Morgan fingerprint density at radius 1 is 1.48 bits per heavy atom. The van der Waals surface area contributed by atoms with E-state index in [0.717, 1.165) is 6.42 Å². The largest absolute Gasteiger partial charge is 0.343 e. The molecule has 21 heavy (non-hydrogen) atoms. The average molecular weight is 294 g/mol.